The molecule has 0 fully saturated rings. The minimum atomic E-state index is 0.562. The highest BCUT2D eigenvalue weighted by Gasteiger charge is 2.26. The molecule has 13 rings (SSSR count). The van der Waals surface area contributed by atoms with Crippen molar-refractivity contribution >= 4 is 75.9 Å². The first-order valence-corrected chi connectivity index (χ1v) is 21.0. The number of para-hydroxylation sites is 3. The van der Waals surface area contributed by atoms with Crippen LogP contribution in [0.4, 0.5) is 0 Å². The molecule has 0 saturated heterocycles. The molecule has 0 aliphatic heterocycles. The third kappa shape index (κ3) is 5.12. The van der Waals surface area contributed by atoms with Gasteiger partial charge in [-0.05, 0) is 79.8 Å². The standard InChI is InChI=1S/C57H35N5/c1-4-18-36(19-5-1)55-58-56(37-20-6-2-7-21-37)60-57(59-55)62-50-30-16-14-28-45(50)49-35-47(52-46-29-15-17-31-51(46)61(54(52)53(49)62)39-22-8-3-9-23-39)38-32-33-44-42-26-11-10-24-40(42)41-25-12-13-27-43(41)48(44)34-38/h1-35H. The van der Waals surface area contributed by atoms with E-state index in [0.717, 1.165) is 55.2 Å². The molecular weight excluding hydrogens is 755 g/mol. The van der Waals surface area contributed by atoms with E-state index in [9.17, 15) is 0 Å². The van der Waals surface area contributed by atoms with E-state index >= 15 is 0 Å². The number of fused-ring (bicyclic) bond motifs is 13. The molecule has 0 unspecified atom stereocenters. The Morgan fingerprint density at radius 1 is 0.290 bits per heavy atom. The molecule has 0 aliphatic carbocycles. The molecular formula is C57H35N5. The largest absolute Gasteiger partial charge is 0.307 e. The van der Waals surface area contributed by atoms with Gasteiger partial charge >= 0.3 is 0 Å². The maximum Gasteiger partial charge on any atom is 0.238 e. The summed E-state index contributed by atoms with van der Waals surface area (Å²) in [5.74, 6) is 1.80. The summed E-state index contributed by atoms with van der Waals surface area (Å²) >= 11 is 0. The zero-order chi connectivity index (χ0) is 40.7. The molecule has 0 spiro atoms. The highest BCUT2D eigenvalue weighted by atomic mass is 15.2. The van der Waals surface area contributed by atoms with Crippen molar-refractivity contribution < 1.29 is 0 Å². The van der Waals surface area contributed by atoms with Gasteiger partial charge in [-0.15, -0.1) is 0 Å². The van der Waals surface area contributed by atoms with Crippen LogP contribution in [0.25, 0.3) is 121 Å². The lowest BCUT2D eigenvalue weighted by atomic mass is 9.90. The first kappa shape index (κ1) is 34.5. The minimum Gasteiger partial charge on any atom is -0.307 e. The van der Waals surface area contributed by atoms with Crippen LogP contribution in [0.1, 0.15) is 0 Å². The lowest BCUT2D eigenvalue weighted by molar-refractivity contribution is 0.953. The smallest absolute Gasteiger partial charge is 0.238 e. The highest BCUT2D eigenvalue weighted by Crippen LogP contribution is 2.47. The van der Waals surface area contributed by atoms with Crippen molar-refractivity contribution in [2.24, 2.45) is 0 Å². The number of rotatable bonds is 5. The zero-order valence-electron chi connectivity index (χ0n) is 33.4. The molecule has 0 saturated carbocycles. The van der Waals surface area contributed by atoms with E-state index < -0.39 is 0 Å². The lowest BCUT2D eigenvalue weighted by Gasteiger charge is -2.15. The van der Waals surface area contributed by atoms with Gasteiger partial charge in [0.1, 0.15) is 0 Å². The van der Waals surface area contributed by atoms with Crippen LogP contribution in [0.15, 0.2) is 212 Å². The van der Waals surface area contributed by atoms with E-state index in [1.807, 2.05) is 36.4 Å². The Morgan fingerprint density at radius 3 is 1.35 bits per heavy atom. The molecule has 0 bridgehead atoms. The molecule has 0 N–H and O–H groups in total. The zero-order valence-corrected chi connectivity index (χ0v) is 33.4. The topological polar surface area (TPSA) is 48.5 Å². The molecule has 0 amide bonds. The van der Waals surface area contributed by atoms with Crippen LogP contribution in [0.3, 0.4) is 0 Å². The molecule has 5 heteroatoms. The van der Waals surface area contributed by atoms with E-state index in [1.54, 1.807) is 0 Å². The molecule has 10 aromatic carbocycles. The van der Waals surface area contributed by atoms with Crippen molar-refractivity contribution in [3.8, 4) is 45.5 Å². The first-order chi connectivity index (χ1) is 30.8. The van der Waals surface area contributed by atoms with Gasteiger partial charge in [-0.25, -0.2) is 4.98 Å². The Kier molecular flexibility index (Phi) is 7.54. The molecule has 3 aromatic heterocycles. The van der Waals surface area contributed by atoms with Crippen molar-refractivity contribution in [2.45, 2.75) is 0 Å². The molecule has 62 heavy (non-hydrogen) atoms. The van der Waals surface area contributed by atoms with Crippen LogP contribution in [0.5, 0.6) is 0 Å². The van der Waals surface area contributed by atoms with Gasteiger partial charge in [-0.2, -0.15) is 9.97 Å². The maximum absolute atomic E-state index is 5.34. The van der Waals surface area contributed by atoms with Gasteiger partial charge in [0, 0.05) is 38.4 Å². The second-order valence-corrected chi connectivity index (χ2v) is 16.0. The summed E-state index contributed by atoms with van der Waals surface area (Å²) in [4.78, 5) is 15.8. The highest BCUT2D eigenvalue weighted by molar-refractivity contribution is 6.30. The summed E-state index contributed by atoms with van der Waals surface area (Å²) < 4.78 is 4.71. The Morgan fingerprint density at radius 2 is 0.758 bits per heavy atom. The van der Waals surface area contributed by atoms with E-state index in [0.29, 0.717) is 17.6 Å². The maximum atomic E-state index is 5.34. The summed E-state index contributed by atoms with van der Waals surface area (Å²) in [5.41, 5.74) is 9.54. The predicted octanol–water partition coefficient (Wildman–Crippen LogP) is 14.5. The van der Waals surface area contributed by atoms with Crippen molar-refractivity contribution in [3.05, 3.63) is 212 Å². The predicted molar refractivity (Wildman–Crippen MR) is 257 cm³/mol. The van der Waals surface area contributed by atoms with Crippen molar-refractivity contribution in [1.29, 1.82) is 0 Å². The van der Waals surface area contributed by atoms with Crippen LogP contribution in [0.2, 0.25) is 0 Å². The minimum absolute atomic E-state index is 0.562. The molecule has 288 valence electrons. The third-order valence-electron chi connectivity index (χ3n) is 12.5. The molecule has 3 heterocycles. The fraction of sp³-hybridized carbons (Fsp3) is 0. The fourth-order valence-electron chi connectivity index (χ4n) is 9.85. The van der Waals surface area contributed by atoms with E-state index in [1.165, 1.54) is 48.7 Å². The normalized spacial score (nSPS) is 11.9. The molecule has 13 aromatic rings. The SMILES string of the molecule is c1ccc(-c2nc(-c3ccccc3)nc(-n3c4ccccc4c4cc(-c5ccc6c7ccccc7c7ccccc7c6c5)c5c6ccccc6n(-c6ccccc6)c5c43)n2)cc1. The second kappa shape index (κ2) is 13.6. The van der Waals surface area contributed by atoms with Gasteiger partial charge in [0.2, 0.25) is 5.95 Å². The van der Waals surface area contributed by atoms with Gasteiger partial charge in [0.15, 0.2) is 11.6 Å². The lowest BCUT2D eigenvalue weighted by Crippen LogP contribution is -2.07. The van der Waals surface area contributed by atoms with Gasteiger partial charge in [-0.3, -0.25) is 4.57 Å². The van der Waals surface area contributed by atoms with E-state index in [4.69, 9.17) is 15.0 Å². The van der Waals surface area contributed by atoms with Crippen molar-refractivity contribution in [1.82, 2.24) is 24.1 Å². The molecule has 0 atom stereocenters. The number of nitrogens with zero attached hydrogens (tertiary/aromatic N) is 5. The van der Waals surface area contributed by atoms with Crippen LogP contribution >= 0.6 is 0 Å². The number of hydrogen-bond acceptors (Lipinski definition) is 3. The fourth-order valence-corrected chi connectivity index (χ4v) is 9.85. The molecule has 0 radical (unpaired) electrons. The molecule has 0 aliphatic rings. The number of hydrogen-bond donors (Lipinski definition) is 0. The Labute approximate surface area is 356 Å². The summed E-state index contributed by atoms with van der Waals surface area (Å²) in [7, 11) is 0. The van der Waals surface area contributed by atoms with Crippen molar-refractivity contribution in [3.63, 3.8) is 0 Å². The third-order valence-corrected chi connectivity index (χ3v) is 12.5. The van der Waals surface area contributed by atoms with Crippen LogP contribution < -0.4 is 0 Å². The summed E-state index contributed by atoms with van der Waals surface area (Å²) in [6.45, 7) is 0. The van der Waals surface area contributed by atoms with Gasteiger partial charge in [0.25, 0.3) is 0 Å². The Bertz CT molecular complexity index is 3810. The first-order valence-electron chi connectivity index (χ1n) is 21.0. The Balaban J connectivity index is 1.21. The number of benzene rings is 10. The van der Waals surface area contributed by atoms with Crippen LogP contribution in [-0.2, 0) is 0 Å². The van der Waals surface area contributed by atoms with Gasteiger partial charge in [0.05, 0.1) is 22.1 Å². The average Bonchev–Trinajstić information content (AvgIpc) is 3.88. The van der Waals surface area contributed by atoms with Crippen LogP contribution in [0, 0.1) is 0 Å². The monoisotopic (exact) mass is 789 g/mol. The average molecular weight is 790 g/mol. The van der Waals surface area contributed by atoms with Crippen molar-refractivity contribution in [2.75, 3.05) is 0 Å². The van der Waals surface area contributed by atoms with Crippen LogP contribution in [-0.4, -0.2) is 24.1 Å². The summed E-state index contributed by atoms with van der Waals surface area (Å²) in [6, 6.07) is 75.7. The quantitative estimate of drug-likeness (QED) is 0.163. The summed E-state index contributed by atoms with van der Waals surface area (Å²) in [5, 5.41) is 12.1. The summed E-state index contributed by atoms with van der Waals surface area (Å²) in [6.07, 6.45) is 0. The second-order valence-electron chi connectivity index (χ2n) is 16.0. The Hall–Kier alpha value is -8.41. The van der Waals surface area contributed by atoms with E-state index in [-0.39, 0.29) is 0 Å². The number of aromatic nitrogens is 5. The van der Waals surface area contributed by atoms with Gasteiger partial charge < -0.3 is 4.57 Å². The molecule has 5 nitrogen and oxygen atoms in total. The van der Waals surface area contributed by atoms with Gasteiger partial charge in [-0.1, -0.05) is 176 Å². The van der Waals surface area contributed by atoms with E-state index in [2.05, 4.69) is 185 Å².